The molecule has 0 saturated carbocycles. The maximum absolute atomic E-state index is 10.7. The van der Waals surface area contributed by atoms with Gasteiger partial charge in [0.25, 0.3) is 0 Å². The second kappa shape index (κ2) is 9.59. The summed E-state index contributed by atoms with van der Waals surface area (Å²) >= 11 is 0. The third-order valence-electron chi connectivity index (χ3n) is 1.34. The van der Waals surface area contributed by atoms with E-state index in [2.05, 4.69) is 5.32 Å². The van der Waals surface area contributed by atoms with Crippen LogP contribution in [0.15, 0.2) is 0 Å². The summed E-state index contributed by atoms with van der Waals surface area (Å²) in [4.78, 5) is 0. The summed E-state index contributed by atoms with van der Waals surface area (Å²) in [6, 6.07) is 0. The molecule has 0 saturated heterocycles. The van der Waals surface area contributed by atoms with Crippen LogP contribution < -0.4 is 5.32 Å². The van der Waals surface area contributed by atoms with Crippen LogP contribution in [0.2, 0.25) is 0 Å². The summed E-state index contributed by atoms with van der Waals surface area (Å²) in [6.07, 6.45) is 0. The van der Waals surface area contributed by atoms with E-state index in [9.17, 15) is 13.2 Å². The number of methoxy groups -OCH3 is 2. The topological polar surface area (TPSA) is 92.3 Å². The average Bonchev–Trinajstić information content (AvgIpc) is 2.15. The highest BCUT2D eigenvalue weighted by atomic mass is 32.2. The van der Waals surface area contributed by atoms with E-state index in [0.29, 0.717) is 0 Å². The molecule has 0 radical (unpaired) electrons. The van der Waals surface area contributed by atoms with Gasteiger partial charge in [-0.15, -0.1) is 0 Å². The minimum absolute atomic E-state index is 0.823. The Kier molecular flexibility index (Phi) is 10.7. The summed E-state index contributed by atoms with van der Waals surface area (Å²) in [7, 11) is -2.67. The van der Waals surface area contributed by atoms with Gasteiger partial charge in [0.1, 0.15) is 0 Å². The third kappa shape index (κ3) is 13.5. The first-order chi connectivity index (χ1) is 7.66. The number of halogens is 3. The fourth-order valence-electron chi connectivity index (χ4n) is 0.547. The highest BCUT2D eigenvalue weighted by Crippen LogP contribution is 2.20. The van der Waals surface area contributed by atoms with Crippen molar-refractivity contribution < 1.29 is 40.9 Å². The summed E-state index contributed by atoms with van der Waals surface area (Å²) < 4.78 is 68.6. The fourth-order valence-corrected chi connectivity index (χ4v) is 0.547. The second-order valence-corrected chi connectivity index (χ2v) is 4.12. The monoisotopic (exact) mass is 283 g/mol. The quantitative estimate of drug-likeness (QED) is 0.379. The Labute approximate surface area is 97.8 Å². The summed E-state index contributed by atoms with van der Waals surface area (Å²) in [5, 5.41) is 2.17. The molecule has 0 fully saturated rings. The van der Waals surface area contributed by atoms with Gasteiger partial charge in [-0.05, 0) is 0 Å². The molecule has 0 aromatic heterocycles. The van der Waals surface area contributed by atoms with Gasteiger partial charge in [0, 0.05) is 14.2 Å². The number of quaternary nitrogens is 1. The summed E-state index contributed by atoms with van der Waals surface area (Å²) in [5.74, 6) is 0. The molecule has 0 aliphatic rings. The van der Waals surface area contributed by atoms with Crippen LogP contribution in [0, 0.1) is 0 Å². The molecule has 0 amide bonds. The van der Waals surface area contributed by atoms with Crippen molar-refractivity contribution in [1.82, 2.24) is 0 Å². The lowest BCUT2D eigenvalue weighted by Crippen LogP contribution is -2.86. The first-order valence-corrected chi connectivity index (χ1v) is 5.89. The Balaban J connectivity index is 0. The smallest absolute Gasteiger partial charge is 0.485 e. The maximum Gasteiger partial charge on any atom is 0.485 e. The molecule has 10 heteroatoms. The van der Waals surface area contributed by atoms with Crippen LogP contribution in [0.25, 0.3) is 0 Å². The van der Waals surface area contributed by atoms with Crippen LogP contribution in [0.3, 0.4) is 0 Å². The number of alkyl halides is 3. The largest absolute Gasteiger partial charge is 0.741 e. The van der Waals surface area contributed by atoms with Crippen LogP contribution in [0.1, 0.15) is 0 Å². The molecule has 6 nitrogen and oxygen atoms in total. The highest BCUT2D eigenvalue weighted by molar-refractivity contribution is 7.86. The van der Waals surface area contributed by atoms with Crippen molar-refractivity contribution in [2.24, 2.45) is 0 Å². The number of ether oxygens (including phenoxy) is 2. The highest BCUT2D eigenvalue weighted by Gasteiger charge is 2.36. The van der Waals surface area contributed by atoms with E-state index in [-0.39, 0.29) is 0 Å². The molecule has 0 unspecified atom stereocenters. The zero-order chi connectivity index (χ0) is 13.9. The van der Waals surface area contributed by atoms with E-state index in [1.165, 1.54) is 0 Å². The van der Waals surface area contributed by atoms with Crippen LogP contribution in [-0.2, 0) is 19.6 Å². The Morgan fingerprint density at radius 2 is 1.41 bits per heavy atom. The predicted octanol–water partition coefficient (Wildman–Crippen LogP) is -1.11. The lowest BCUT2D eigenvalue weighted by Gasteiger charge is -2.08. The summed E-state index contributed by atoms with van der Waals surface area (Å²) in [6.45, 7) is 3.70. The van der Waals surface area contributed by atoms with E-state index in [1.807, 2.05) is 0 Å². The lowest BCUT2D eigenvalue weighted by atomic mass is 10.6. The van der Waals surface area contributed by atoms with E-state index >= 15 is 0 Å². The van der Waals surface area contributed by atoms with Crippen molar-refractivity contribution >= 4 is 10.1 Å². The van der Waals surface area contributed by atoms with Gasteiger partial charge in [-0.25, -0.2) is 8.42 Å². The van der Waals surface area contributed by atoms with Gasteiger partial charge in [0.2, 0.25) is 0 Å². The van der Waals surface area contributed by atoms with Crippen molar-refractivity contribution in [3.63, 3.8) is 0 Å². The Hall–Kier alpha value is -0.420. The van der Waals surface area contributed by atoms with E-state index < -0.39 is 15.6 Å². The van der Waals surface area contributed by atoms with Gasteiger partial charge in [0.05, 0.1) is 26.3 Å². The number of rotatable bonds is 6. The maximum atomic E-state index is 10.7. The van der Waals surface area contributed by atoms with Crippen LogP contribution in [0.4, 0.5) is 13.2 Å². The molecule has 2 N–H and O–H groups in total. The molecule has 0 rings (SSSR count). The van der Waals surface area contributed by atoms with Crippen LogP contribution in [-0.4, -0.2) is 59.0 Å². The molecule has 0 bridgehead atoms. The Morgan fingerprint density at radius 1 is 1.12 bits per heavy atom. The normalized spacial score (nSPS) is 11.9. The lowest BCUT2D eigenvalue weighted by molar-refractivity contribution is -0.657. The minimum atomic E-state index is -6.09. The second-order valence-electron chi connectivity index (χ2n) is 2.75. The zero-order valence-electron chi connectivity index (χ0n) is 9.49. The molecule has 0 spiro atoms. The third-order valence-corrected chi connectivity index (χ3v) is 1.90. The van der Waals surface area contributed by atoms with Crippen molar-refractivity contribution in [3.05, 3.63) is 0 Å². The van der Waals surface area contributed by atoms with Gasteiger partial charge >= 0.3 is 5.51 Å². The molecule has 0 aromatic rings. The fraction of sp³-hybridized carbons (Fsp3) is 1.00. The Morgan fingerprint density at radius 3 is 1.59 bits per heavy atom. The van der Waals surface area contributed by atoms with Crippen LogP contribution in [0.5, 0.6) is 0 Å². The number of hydrogen-bond donors (Lipinski definition) is 1. The first-order valence-electron chi connectivity index (χ1n) is 4.48. The van der Waals surface area contributed by atoms with Crippen LogP contribution >= 0.6 is 0 Å². The molecule has 0 heterocycles. The first kappa shape index (κ1) is 18.9. The van der Waals surface area contributed by atoms with E-state index in [1.54, 1.807) is 14.2 Å². The molecular formula is C7H16F3NO5S. The Bertz CT molecular complexity index is 261. The molecule has 0 atom stereocenters. The number of hydrogen-bond acceptors (Lipinski definition) is 5. The molecule has 0 aliphatic carbocycles. The van der Waals surface area contributed by atoms with Crippen molar-refractivity contribution in [1.29, 1.82) is 0 Å². The van der Waals surface area contributed by atoms with Crippen molar-refractivity contribution in [2.75, 3.05) is 40.5 Å². The molecular weight excluding hydrogens is 267 g/mol. The predicted molar refractivity (Wildman–Crippen MR) is 51.2 cm³/mol. The van der Waals surface area contributed by atoms with E-state index in [4.69, 9.17) is 22.4 Å². The molecule has 106 valence electrons. The number of nitrogens with two attached hydrogens (primary N) is 1. The van der Waals surface area contributed by atoms with Crippen molar-refractivity contribution in [2.45, 2.75) is 5.51 Å². The van der Waals surface area contributed by atoms with Gasteiger partial charge in [-0.3, -0.25) is 0 Å². The standard InChI is InChI=1S/C6H15NO2.CHF3O3S/c1-8-5-3-7-4-6-9-2;2-1(3,4)8(5,6)7/h7H,3-6H2,1-2H3;(H,5,6,7). The zero-order valence-corrected chi connectivity index (χ0v) is 10.3. The van der Waals surface area contributed by atoms with Gasteiger partial charge in [-0.1, -0.05) is 0 Å². The van der Waals surface area contributed by atoms with Crippen molar-refractivity contribution in [3.8, 4) is 0 Å². The summed E-state index contributed by atoms with van der Waals surface area (Å²) in [5.41, 5.74) is -5.65. The minimum Gasteiger partial charge on any atom is -0.741 e. The average molecular weight is 283 g/mol. The van der Waals surface area contributed by atoms with Gasteiger partial charge in [-0.2, -0.15) is 13.2 Å². The molecule has 0 aliphatic heterocycles. The molecule has 0 aromatic carbocycles. The van der Waals surface area contributed by atoms with Gasteiger partial charge in [0.15, 0.2) is 10.1 Å². The van der Waals surface area contributed by atoms with Gasteiger partial charge < -0.3 is 19.3 Å². The molecule has 17 heavy (non-hydrogen) atoms. The van der Waals surface area contributed by atoms with E-state index in [0.717, 1.165) is 26.3 Å². The SMILES string of the molecule is COCC[NH2+]CCOC.O=S(=O)([O-])C(F)(F)F.